The van der Waals surface area contributed by atoms with Crippen LogP contribution in [0.1, 0.15) is 101 Å². The number of carboxylic acid groups (broad SMARTS) is 2. The average molecular weight is 1150 g/mol. The first kappa shape index (κ1) is 63.8. The third-order valence-electron chi connectivity index (χ3n) is 10.7. The number of aryl methyl sites for hydroxylation is 2. The molecule has 20 heteroatoms. The van der Waals surface area contributed by atoms with Crippen molar-refractivity contribution in [3.63, 3.8) is 0 Å². The summed E-state index contributed by atoms with van der Waals surface area (Å²) in [5.41, 5.74) is 12.2. The molecule has 1 aromatic carbocycles. The maximum absolute atomic E-state index is 9.84. The van der Waals surface area contributed by atoms with E-state index in [1.54, 1.807) is 26.6 Å². The van der Waals surface area contributed by atoms with Crippen LogP contribution in [-0.4, -0.2) is 159 Å². The number of hydrogen-bond acceptors (Lipinski definition) is 16. The molecule has 3 aromatic rings. The molecule has 4 heterocycles. The number of fused-ring (bicyclic) bond motifs is 7. The Hall–Kier alpha value is -4.32. The van der Waals surface area contributed by atoms with Crippen LogP contribution in [-0.2, 0) is 44.4 Å². The molecule has 0 spiro atoms. The van der Waals surface area contributed by atoms with Crippen LogP contribution < -0.4 is 14.5 Å². The first-order chi connectivity index (χ1) is 34.3. The van der Waals surface area contributed by atoms with Crippen molar-refractivity contribution in [3.05, 3.63) is 70.6 Å². The number of hydrogen-bond donors (Lipinski definition) is 4. The molecule has 2 aliphatic heterocycles. The van der Waals surface area contributed by atoms with Crippen LogP contribution in [0.25, 0.3) is 44.4 Å². The smallest absolute Gasteiger partial charge is 0.300 e. The summed E-state index contributed by atoms with van der Waals surface area (Å²) in [6.45, 7) is 15.6. The number of aromatic nitrogens is 5. The second kappa shape index (κ2) is 36.6. The van der Waals surface area contributed by atoms with Gasteiger partial charge in [-0.25, -0.2) is 9.97 Å². The Labute approximate surface area is 455 Å². The molecule has 0 unspecified atom stereocenters. The maximum atomic E-state index is 9.84. The monoisotopic (exact) mass is 1150 g/mol. The second-order valence-corrected chi connectivity index (χ2v) is 15.9. The third-order valence-corrected chi connectivity index (χ3v) is 10.7. The number of nitrogens with zero attached hydrogens (tertiary/aromatic N) is 5. The molecule has 0 fully saturated rings. The van der Waals surface area contributed by atoms with Crippen LogP contribution in [0, 0.1) is 46.9 Å². The summed E-state index contributed by atoms with van der Waals surface area (Å²) in [4.78, 5) is 43.5. The fraction of sp³-hybridized carbons (Fsp3) is 0.538. The zero-order chi connectivity index (χ0) is 52.0. The van der Waals surface area contributed by atoms with Gasteiger partial charge in [-0.1, -0.05) is 37.1 Å². The summed E-state index contributed by atoms with van der Waals surface area (Å²) in [6.07, 6.45) is 7.61. The van der Waals surface area contributed by atoms with Crippen LogP contribution in [0.15, 0.2) is 36.7 Å². The molecule has 4 N–H and O–H groups in total. The van der Waals surface area contributed by atoms with E-state index in [9.17, 15) is 10.2 Å². The predicted octanol–water partition coefficient (Wildman–Crippen LogP) is 6.93. The quantitative estimate of drug-likeness (QED) is 0.0537. The Balaban J connectivity index is 0.00000183. The van der Waals surface area contributed by atoms with E-state index in [0.29, 0.717) is 120 Å². The Bertz CT molecular complexity index is 2390. The molecule has 2 aliphatic rings. The molecule has 2 aromatic heterocycles. The SMILES string of the molecule is CC(=O)O.CC(=O)O.CCC1=C(CC)c2cc3[n-]c(cc4nc(cnc5cc(OCCOCCOCCOC)c(OCCOCCOCCOC)cc5ncc1n2)C(C)=C4CCCO)c(C)c3CCCO.[Gd]. The van der Waals surface area contributed by atoms with E-state index in [-0.39, 0.29) is 66.4 Å². The summed E-state index contributed by atoms with van der Waals surface area (Å²) in [6, 6.07) is 7.76. The molecule has 0 saturated carbocycles. The molecule has 400 valence electrons. The Morgan fingerprint density at radius 1 is 0.556 bits per heavy atom. The van der Waals surface area contributed by atoms with Crippen molar-refractivity contribution in [2.45, 2.75) is 80.1 Å². The molecule has 72 heavy (non-hydrogen) atoms. The molecule has 5 rings (SSSR count). The summed E-state index contributed by atoms with van der Waals surface area (Å²) >= 11 is 0. The van der Waals surface area contributed by atoms with E-state index in [4.69, 9.17) is 82.6 Å². The van der Waals surface area contributed by atoms with Gasteiger partial charge in [0.05, 0.1) is 112 Å². The van der Waals surface area contributed by atoms with E-state index < -0.39 is 11.9 Å². The molecule has 0 saturated heterocycles. The summed E-state index contributed by atoms with van der Waals surface area (Å²) in [7, 11) is 3.28. The fourth-order valence-electron chi connectivity index (χ4n) is 7.33. The van der Waals surface area contributed by atoms with Crippen LogP contribution in [0.5, 0.6) is 11.5 Å². The third kappa shape index (κ3) is 22.0. The predicted molar refractivity (Wildman–Crippen MR) is 271 cm³/mol. The van der Waals surface area contributed by atoms with E-state index in [2.05, 4.69) is 26.8 Å². The molecule has 0 radical (unpaired) electrons. The van der Waals surface area contributed by atoms with Gasteiger partial charge in [-0.2, -0.15) is 0 Å². The molecule has 19 nitrogen and oxygen atoms in total. The van der Waals surface area contributed by atoms with E-state index in [1.165, 1.54) is 0 Å². The molecule has 0 atom stereocenters. The zero-order valence-corrected chi connectivity index (χ0v) is 45.3. The number of benzene rings is 1. The van der Waals surface area contributed by atoms with Gasteiger partial charge in [-0.15, -0.1) is 11.0 Å². The first-order valence-corrected chi connectivity index (χ1v) is 23.9. The summed E-state index contributed by atoms with van der Waals surface area (Å²) < 4.78 is 45.3. The van der Waals surface area contributed by atoms with Crippen LogP contribution in [0.2, 0.25) is 0 Å². The number of allylic oxidation sites excluding steroid dienone is 4. The Morgan fingerprint density at radius 3 is 1.43 bits per heavy atom. The average Bonchev–Trinajstić information content (AvgIpc) is 3.94. The number of carboxylic acids is 2. The van der Waals surface area contributed by atoms with Gasteiger partial charge in [0.25, 0.3) is 11.9 Å². The number of rotatable bonds is 28. The first-order valence-electron chi connectivity index (χ1n) is 23.9. The Morgan fingerprint density at radius 2 is 0.958 bits per heavy atom. The number of aliphatic carboxylic acids is 2. The van der Waals surface area contributed by atoms with Gasteiger partial charge < -0.3 is 63.3 Å². The molecular weight excluding hydrogens is 1080 g/mol. The molecule has 0 amide bonds. The van der Waals surface area contributed by atoms with Crippen molar-refractivity contribution in [1.82, 2.24) is 24.9 Å². The van der Waals surface area contributed by atoms with Gasteiger partial charge in [0.1, 0.15) is 13.2 Å². The van der Waals surface area contributed by atoms with Crippen molar-refractivity contribution >= 4 is 56.3 Å². The normalized spacial score (nSPS) is 11.8. The van der Waals surface area contributed by atoms with Crippen molar-refractivity contribution in [2.24, 2.45) is 0 Å². The van der Waals surface area contributed by atoms with Crippen molar-refractivity contribution in [2.75, 3.05) is 107 Å². The number of aliphatic hydroxyl groups excluding tert-OH is 2. The topological polar surface area (TPSA) is 255 Å². The van der Waals surface area contributed by atoms with Gasteiger partial charge in [-0.3, -0.25) is 19.6 Å². The summed E-state index contributed by atoms with van der Waals surface area (Å²) in [5.74, 6) is -0.727. The molecule has 6 bridgehead atoms. The minimum absolute atomic E-state index is 0. The minimum atomic E-state index is -0.833. The standard InChI is InChI=1S/C48H66N5O10.2C2H4O2.Gd/c1-7-35-36(8-2)46-32-50-44-30-48(63-26-24-61-22-20-59-18-16-57-6)47(62-25-23-60-21-19-58-17-15-56-5)29-43(44)49-31-45-34(4)38(12-10-14-55)41(52-45)27-39-33(3)37(11-9-13-54)42(51-39)28-40(35)53-46;2*1-2(3)4;/h27-32,54-55H,7-26H2,1-6H3;2*1H3,(H,3,4);/q-1;;;. The number of aliphatic hydroxyl groups is 2. The maximum Gasteiger partial charge on any atom is 0.300 e. The van der Waals surface area contributed by atoms with Gasteiger partial charge >= 0.3 is 0 Å². The van der Waals surface area contributed by atoms with E-state index in [0.717, 1.165) is 88.2 Å². The second-order valence-electron chi connectivity index (χ2n) is 15.9. The van der Waals surface area contributed by atoms with Crippen molar-refractivity contribution < 1.29 is 108 Å². The van der Waals surface area contributed by atoms with Crippen LogP contribution in [0.4, 0.5) is 0 Å². The van der Waals surface area contributed by atoms with E-state index in [1.807, 2.05) is 25.1 Å². The number of carbonyl (C=O) groups is 2. The van der Waals surface area contributed by atoms with Gasteiger partial charge in [-0.05, 0) is 74.7 Å². The van der Waals surface area contributed by atoms with Gasteiger partial charge in [0, 0.05) is 93.4 Å². The van der Waals surface area contributed by atoms with Gasteiger partial charge in [0.15, 0.2) is 11.5 Å². The number of ether oxygens (including phenoxy) is 8. The van der Waals surface area contributed by atoms with Crippen LogP contribution in [0.3, 0.4) is 0 Å². The van der Waals surface area contributed by atoms with Crippen molar-refractivity contribution in [1.29, 1.82) is 0 Å². The largest absolute Gasteiger partial charge is 0.657 e. The van der Waals surface area contributed by atoms with Gasteiger partial charge in [0.2, 0.25) is 0 Å². The van der Waals surface area contributed by atoms with E-state index >= 15 is 0 Å². The zero-order valence-electron chi connectivity index (χ0n) is 43.1. The molecule has 0 aliphatic carbocycles. The minimum Gasteiger partial charge on any atom is -0.657 e. The Kier molecular flexibility index (Phi) is 32.4. The summed E-state index contributed by atoms with van der Waals surface area (Å²) in [5, 5.41) is 34.5. The molecular formula is C52H74GdN5O14-. The number of methoxy groups -OCH3 is 2. The fourth-order valence-corrected chi connectivity index (χ4v) is 7.33. The van der Waals surface area contributed by atoms with Crippen molar-refractivity contribution in [3.8, 4) is 11.5 Å². The van der Waals surface area contributed by atoms with Crippen LogP contribution >= 0.6 is 0 Å².